The van der Waals surface area contributed by atoms with Crippen molar-refractivity contribution < 1.29 is 4.79 Å². The number of benzene rings is 3. The number of nitrogens with zero attached hydrogens (tertiary/aromatic N) is 4. The van der Waals surface area contributed by atoms with Crippen molar-refractivity contribution in [1.82, 2.24) is 14.5 Å². The number of aromatic nitrogens is 2. The molecule has 7 heteroatoms. The molecule has 0 aliphatic carbocycles. The van der Waals surface area contributed by atoms with E-state index in [-0.39, 0.29) is 17.2 Å². The predicted octanol–water partition coefficient (Wildman–Crippen LogP) is 4.89. The van der Waals surface area contributed by atoms with Crippen LogP contribution in [0.15, 0.2) is 76.7 Å². The quantitative estimate of drug-likeness (QED) is 0.297. The Morgan fingerprint density at radius 2 is 1.76 bits per heavy atom. The fourth-order valence-corrected chi connectivity index (χ4v) is 4.62. The second-order valence-corrected chi connectivity index (χ2v) is 9.15. The van der Waals surface area contributed by atoms with E-state index in [2.05, 4.69) is 6.07 Å². The van der Waals surface area contributed by atoms with Crippen molar-refractivity contribution >= 4 is 28.6 Å². The Morgan fingerprint density at radius 3 is 2.44 bits per heavy atom. The van der Waals surface area contributed by atoms with Crippen LogP contribution in [0.5, 0.6) is 0 Å². The van der Waals surface area contributed by atoms with Crippen LogP contribution in [0.25, 0.3) is 16.6 Å². The van der Waals surface area contributed by atoms with Gasteiger partial charge >= 0.3 is 0 Å². The summed E-state index contributed by atoms with van der Waals surface area (Å²) in [4.78, 5) is 32.9. The van der Waals surface area contributed by atoms with Crippen LogP contribution in [-0.4, -0.2) is 33.2 Å². The first kappa shape index (κ1) is 23.3. The lowest BCUT2D eigenvalue weighted by Gasteiger charge is -2.18. The third-order valence-electron chi connectivity index (χ3n) is 5.43. The van der Waals surface area contributed by atoms with Gasteiger partial charge in [0.1, 0.15) is 0 Å². The first-order chi connectivity index (χ1) is 16.4. The molecule has 170 valence electrons. The molecule has 6 nitrogen and oxygen atoms in total. The van der Waals surface area contributed by atoms with E-state index < -0.39 is 0 Å². The van der Waals surface area contributed by atoms with Crippen LogP contribution >= 0.6 is 11.8 Å². The Morgan fingerprint density at radius 1 is 1.06 bits per heavy atom. The fourth-order valence-electron chi connectivity index (χ4n) is 3.95. The third kappa shape index (κ3) is 4.87. The maximum absolute atomic E-state index is 13.5. The molecule has 0 bridgehead atoms. The Kier molecular flexibility index (Phi) is 6.80. The van der Waals surface area contributed by atoms with E-state index in [0.29, 0.717) is 33.9 Å². The maximum Gasteiger partial charge on any atom is 0.266 e. The van der Waals surface area contributed by atoms with Gasteiger partial charge in [0.25, 0.3) is 11.5 Å². The van der Waals surface area contributed by atoms with Crippen molar-refractivity contribution in [2.45, 2.75) is 25.5 Å². The topological polar surface area (TPSA) is 79.0 Å². The minimum Gasteiger partial charge on any atom is -0.337 e. The lowest BCUT2D eigenvalue weighted by Crippen LogP contribution is -2.26. The monoisotopic (exact) mass is 468 g/mol. The molecule has 0 N–H and O–H groups in total. The molecule has 1 aromatic heterocycles. The van der Waals surface area contributed by atoms with Gasteiger partial charge in [0.05, 0.1) is 28.4 Å². The Bertz CT molecular complexity index is 1450. The third-order valence-corrected chi connectivity index (χ3v) is 6.23. The van der Waals surface area contributed by atoms with Gasteiger partial charge in [-0.25, -0.2) is 4.98 Å². The first-order valence-corrected chi connectivity index (χ1v) is 11.8. The van der Waals surface area contributed by atoms with Gasteiger partial charge in [-0.2, -0.15) is 5.26 Å². The van der Waals surface area contributed by atoms with E-state index in [1.807, 2.05) is 62.4 Å². The smallest absolute Gasteiger partial charge is 0.266 e. The lowest BCUT2D eigenvalue weighted by atomic mass is 10.1. The average molecular weight is 469 g/mol. The molecule has 0 saturated heterocycles. The maximum atomic E-state index is 13.5. The second kappa shape index (κ2) is 9.94. The summed E-state index contributed by atoms with van der Waals surface area (Å²) in [5, 5.41) is 9.96. The van der Waals surface area contributed by atoms with E-state index in [1.165, 1.54) is 11.8 Å². The minimum absolute atomic E-state index is 0.154. The number of nitriles is 1. The normalized spacial score (nSPS) is 10.8. The van der Waals surface area contributed by atoms with Gasteiger partial charge in [-0.1, -0.05) is 48.2 Å². The SMILES string of the molecule is Cc1cc(C)cc(-n2c(SCC#N)nc3cc(C(=O)N(C)Cc4ccccc4)ccc3c2=O)c1. The molecule has 0 aliphatic heterocycles. The van der Waals surface area contributed by atoms with Gasteiger partial charge in [0.2, 0.25) is 0 Å². The summed E-state index contributed by atoms with van der Waals surface area (Å²) in [5.74, 6) is -0.00136. The standard InChI is InChI=1S/C27H24N4O2S/c1-18-13-19(2)15-22(14-18)31-26(33)23-10-9-21(16-24(23)29-27(31)34-12-11-28)25(32)30(3)17-20-7-5-4-6-8-20/h4-10,13-16H,12,17H2,1-3H3. The van der Waals surface area contributed by atoms with Gasteiger partial charge in [-0.3, -0.25) is 14.2 Å². The molecule has 0 fully saturated rings. The van der Waals surface area contributed by atoms with Crippen LogP contribution in [0.1, 0.15) is 27.0 Å². The highest BCUT2D eigenvalue weighted by Gasteiger charge is 2.17. The fraction of sp³-hybridized carbons (Fsp3) is 0.185. The first-order valence-electron chi connectivity index (χ1n) is 10.8. The number of hydrogen-bond donors (Lipinski definition) is 0. The number of thioether (sulfide) groups is 1. The van der Waals surface area contributed by atoms with E-state index >= 15 is 0 Å². The van der Waals surface area contributed by atoms with Gasteiger partial charge < -0.3 is 4.90 Å². The average Bonchev–Trinajstić information content (AvgIpc) is 2.82. The van der Waals surface area contributed by atoms with Crippen molar-refractivity contribution in [1.29, 1.82) is 5.26 Å². The molecule has 34 heavy (non-hydrogen) atoms. The summed E-state index contributed by atoms with van der Waals surface area (Å²) in [6, 6.07) is 22.7. The molecular formula is C27H24N4O2S. The van der Waals surface area contributed by atoms with Crippen LogP contribution in [-0.2, 0) is 6.54 Å². The largest absolute Gasteiger partial charge is 0.337 e. The highest BCUT2D eigenvalue weighted by atomic mass is 32.2. The molecule has 0 saturated carbocycles. The highest BCUT2D eigenvalue weighted by molar-refractivity contribution is 7.99. The van der Waals surface area contributed by atoms with Crippen LogP contribution in [0.3, 0.4) is 0 Å². The molecule has 0 aliphatic rings. The summed E-state index contributed by atoms with van der Waals surface area (Å²) in [6.45, 7) is 4.42. The number of aryl methyl sites for hydroxylation is 2. The van der Waals surface area contributed by atoms with E-state index in [4.69, 9.17) is 10.2 Å². The number of amides is 1. The van der Waals surface area contributed by atoms with Crippen LogP contribution in [0.4, 0.5) is 0 Å². The lowest BCUT2D eigenvalue weighted by molar-refractivity contribution is 0.0785. The van der Waals surface area contributed by atoms with Crippen LogP contribution in [0, 0.1) is 25.2 Å². The van der Waals surface area contributed by atoms with E-state index in [9.17, 15) is 9.59 Å². The van der Waals surface area contributed by atoms with Crippen molar-refractivity contribution in [3.05, 3.63) is 99.3 Å². The Labute approximate surface area is 202 Å². The number of carbonyl (C=O) groups excluding carboxylic acids is 1. The van der Waals surface area contributed by atoms with E-state index in [0.717, 1.165) is 16.7 Å². The summed E-state index contributed by atoms with van der Waals surface area (Å²) in [6.07, 6.45) is 0. The zero-order valence-corrected chi connectivity index (χ0v) is 20.1. The van der Waals surface area contributed by atoms with E-state index in [1.54, 1.807) is 34.7 Å². The molecule has 4 aromatic rings. The van der Waals surface area contributed by atoms with Gasteiger partial charge in [-0.15, -0.1) is 0 Å². The highest BCUT2D eigenvalue weighted by Crippen LogP contribution is 2.23. The minimum atomic E-state index is -0.230. The Balaban J connectivity index is 1.78. The molecular weight excluding hydrogens is 444 g/mol. The van der Waals surface area contributed by atoms with Crippen LogP contribution in [0.2, 0.25) is 0 Å². The molecule has 0 radical (unpaired) electrons. The van der Waals surface area contributed by atoms with Crippen molar-refractivity contribution in [2.75, 3.05) is 12.8 Å². The molecule has 0 spiro atoms. The van der Waals surface area contributed by atoms with Gasteiger partial charge in [0.15, 0.2) is 5.16 Å². The number of carbonyl (C=O) groups is 1. The predicted molar refractivity (Wildman–Crippen MR) is 135 cm³/mol. The second-order valence-electron chi connectivity index (χ2n) is 8.21. The number of hydrogen-bond acceptors (Lipinski definition) is 5. The molecule has 1 heterocycles. The van der Waals surface area contributed by atoms with Crippen molar-refractivity contribution in [2.24, 2.45) is 0 Å². The van der Waals surface area contributed by atoms with Crippen LogP contribution < -0.4 is 5.56 Å². The molecule has 4 rings (SSSR count). The number of rotatable bonds is 6. The summed E-state index contributed by atoms with van der Waals surface area (Å²) in [7, 11) is 1.75. The van der Waals surface area contributed by atoms with Gasteiger partial charge in [0, 0.05) is 19.2 Å². The molecule has 3 aromatic carbocycles. The summed E-state index contributed by atoms with van der Waals surface area (Å²) < 4.78 is 1.55. The zero-order chi connectivity index (χ0) is 24.2. The van der Waals surface area contributed by atoms with Crippen molar-refractivity contribution in [3.8, 4) is 11.8 Å². The molecule has 0 unspecified atom stereocenters. The number of fused-ring (bicyclic) bond motifs is 1. The summed E-state index contributed by atoms with van der Waals surface area (Å²) >= 11 is 1.20. The summed E-state index contributed by atoms with van der Waals surface area (Å²) in [5.41, 5.74) is 4.46. The Hall–Kier alpha value is -3.89. The molecule has 1 amide bonds. The molecule has 0 atom stereocenters. The van der Waals surface area contributed by atoms with Gasteiger partial charge in [-0.05, 0) is 60.9 Å². The zero-order valence-electron chi connectivity index (χ0n) is 19.3. The van der Waals surface area contributed by atoms with Crippen molar-refractivity contribution in [3.63, 3.8) is 0 Å².